The summed E-state index contributed by atoms with van der Waals surface area (Å²) in [6, 6.07) is 3.30. The van der Waals surface area contributed by atoms with E-state index in [0.29, 0.717) is 11.6 Å². The standard InChI is InChI=1S/C10H16N4O2S/c1-7(6-17(3)16)12-9-5-4-8(13-14-9)10(15)11-2/h4-5,7H,6H2,1-3H3,(H,11,15)(H,12,14). The SMILES string of the molecule is CNC(=O)c1ccc(NC(C)CS(C)=O)nn1. The molecule has 0 bridgehead atoms. The van der Waals surface area contributed by atoms with E-state index in [1.807, 2.05) is 6.92 Å². The molecule has 0 fully saturated rings. The van der Waals surface area contributed by atoms with Crippen molar-refractivity contribution < 1.29 is 9.00 Å². The molecule has 1 aromatic rings. The number of aromatic nitrogens is 2. The van der Waals surface area contributed by atoms with E-state index in [4.69, 9.17) is 0 Å². The van der Waals surface area contributed by atoms with E-state index >= 15 is 0 Å². The molecule has 1 rings (SSSR count). The number of carbonyl (C=O) groups is 1. The number of nitrogens with zero attached hydrogens (tertiary/aromatic N) is 2. The summed E-state index contributed by atoms with van der Waals surface area (Å²) in [7, 11) is 0.679. The predicted octanol–water partition coefficient (Wildman–Crippen LogP) is 0.0151. The molecule has 0 radical (unpaired) electrons. The maximum Gasteiger partial charge on any atom is 0.271 e. The smallest absolute Gasteiger partial charge is 0.271 e. The minimum atomic E-state index is -0.857. The maximum atomic E-state index is 11.2. The molecule has 94 valence electrons. The number of nitrogens with one attached hydrogen (secondary N) is 2. The first-order valence-electron chi connectivity index (χ1n) is 5.15. The third-order valence-corrected chi connectivity index (χ3v) is 2.97. The van der Waals surface area contributed by atoms with E-state index in [0.717, 1.165) is 0 Å². The van der Waals surface area contributed by atoms with E-state index in [-0.39, 0.29) is 17.6 Å². The molecule has 2 unspecified atom stereocenters. The lowest BCUT2D eigenvalue weighted by Gasteiger charge is -2.12. The van der Waals surface area contributed by atoms with Crippen molar-refractivity contribution in [3.05, 3.63) is 17.8 Å². The Morgan fingerprint density at radius 1 is 1.47 bits per heavy atom. The van der Waals surface area contributed by atoms with Crippen LogP contribution in [-0.2, 0) is 10.8 Å². The highest BCUT2D eigenvalue weighted by Crippen LogP contribution is 2.04. The van der Waals surface area contributed by atoms with Crippen molar-refractivity contribution in [3.8, 4) is 0 Å². The third-order valence-electron chi connectivity index (χ3n) is 2.00. The van der Waals surface area contributed by atoms with Gasteiger partial charge in [-0.15, -0.1) is 10.2 Å². The Balaban J connectivity index is 2.62. The van der Waals surface area contributed by atoms with Crippen LogP contribution in [0.1, 0.15) is 17.4 Å². The summed E-state index contributed by atoms with van der Waals surface area (Å²) in [6.07, 6.45) is 1.65. The van der Waals surface area contributed by atoms with Crippen LogP contribution in [0.3, 0.4) is 0 Å². The zero-order valence-electron chi connectivity index (χ0n) is 10.1. The molecule has 0 aliphatic heterocycles. The van der Waals surface area contributed by atoms with Gasteiger partial charge in [0.2, 0.25) is 0 Å². The van der Waals surface area contributed by atoms with E-state index < -0.39 is 10.8 Å². The van der Waals surface area contributed by atoms with E-state index in [9.17, 15) is 9.00 Å². The fourth-order valence-corrected chi connectivity index (χ4v) is 2.09. The van der Waals surface area contributed by atoms with Crippen LogP contribution < -0.4 is 10.6 Å². The van der Waals surface area contributed by atoms with Gasteiger partial charge in [-0.3, -0.25) is 9.00 Å². The van der Waals surface area contributed by atoms with Gasteiger partial charge in [-0.1, -0.05) is 0 Å². The molecular formula is C10H16N4O2S. The Bertz CT molecular complexity index is 407. The van der Waals surface area contributed by atoms with Crippen molar-refractivity contribution in [3.63, 3.8) is 0 Å². The molecule has 2 atom stereocenters. The van der Waals surface area contributed by atoms with E-state index in [2.05, 4.69) is 20.8 Å². The monoisotopic (exact) mass is 256 g/mol. The molecule has 1 heterocycles. The average molecular weight is 256 g/mol. The number of hydrogen-bond acceptors (Lipinski definition) is 5. The molecule has 0 aliphatic carbocycles. The Morgan fingerprint density at radius 2 is 2.18 bits per heavy atom. The van der Waals surface area contributed by atoms with Crippen LogP contribution in [0.4, 0.5) is 5.82 Å². The van der Waals surface area contributed by atoms with Crippen LogP contribution in [0, 0.1) is 0 Å². The molecule has 17 heavy (non-hydrogen) atoms. The molecule has 0 aliphatic rings. The zero-order valence-corrected chi connectivity index (χ0v) is 10.9. The number of hydrogen-bond donors (Lipinski definition) is 2. The minimum Gasteiger partial charge on any atom is -0.365 e. The largest absolute Gasteiger partial charge is 0.365 e. The van der Waals surface area contributed by atoms with Crippen LogP contribution in [0.2, 0.25) is 0 Å². The third kappa shape index (κ3) is 4.48. The number of rotatable bonds is 5. The van der Waals surface area contributed by atoms with E-state index in [1.165, 1.54) is 7.05 Å². The molecule has 0 spiro atoms. The molecule has 0 saturated heterocycles. The van der Waals surface area contributed by atoms with Crippen molar-refractivity contribution in [2.45, 2.75) is 13.0 Å². The van der Waals surface area contributed by atoms with Gasteiger partial charge >= 0.3 is 0 Å². The van der Waals surface area contributed by atoms with Crippen molar-refractivity contribution >= 4 is 22.5 Å². The molecule has 0 aromatic carbocycles. The molecule has 2 N–H and O–H groups in total. The van der Waals surface area contributed by atoms with Crippen molar-refractivity contribution in [2.24, 2.45) is 0 Å². The van der Waals surface area contributed by atoms with Crippen molar-refractivity contribution in [2.75, 3.05) is 24.4 Å². The second-order valence-electron chi connectivity index (χ2n) is 3.67. The van der Waals surface area contributed by atoms with Gasteiger partial charge in [0.1, 0.15) is 5.82 Å². The van der Waals surface area contributed by atoms with Gasteiger partial charge in [0.15, 0.2) is 5.69 Å². The molecule has 1 amide bonds. The van der Waals surface area contributed by atoms with Gasteiger partial charge in [-0.2, -0.15) is 0 Å². The highest BCUT2D eigenvalue weighted by Gasteiger charge is 2.08. The van der Waals surface area contributed by atoms with Crippen LogP contribution in [0.5, 0.6) is 0 Å². The summed E-state index contributed by atoms with van der Waals surface area (Å²) in [4.78, 5) is 11.2. The first-order valence-corrected chi connectivity index (χ1v) is 6.88. The summed E-state index contributed by atoms with van der Waals surface area (Å²) < 4.78 is 11.0. The van der Waals surface area contributed by atoms with Crippen LogP contribution >= 0.6 is 0 Å². The summed E-state index contributed by atoms with van der Waals surface area (Å²) >= 11 is 0. The molecule has 7 heteroatoms. The molecule has 1 aromatic heterocycles. The predicted molar refractivity (Wildman–Crippen MR) is 67.4 cm³/mol. The number of carbonyl (C=O) groups excluding carboxylic acids is 1. The summed E-state index contributed by atoms with van der Waals surface area (Å²) in [5.41, 5.74) is 0.268. The average Bonchev–Trinajstić information content (AvgIpc) is 2.28. The summed E-state index contributed by atoms with van der Waals surface area (Å²) in [5.74, 6) is 0.834. The van der Waals surface area contributed by atoms with Gasteiger partial charge in [-0.05, 0) is 19.1 Å². The first-order chi connectivity index (χ1) is 8.02. The second-order valence-corrected chi connectivity index (χ2v) is 5.15. The van der Waals surface area contributed by atoms with Crippen LogP contribution in [-0.4, -0.2) is 45.4 Å². The fourth-order valence-electron chi connectivity index (χ4n) is 1.30. The van der Waals surface area contributed by atoms with Gasteiger partial charge in [0.05, 0.1) is 0 Å². The Labute approximate surface area is 103 Å². The normalized spacial score (nSPS) is 13.8. The first kappa shape index (κ1) is 13.6. The zero-order chi connectivity index (χ0) is 12.8. The highest BCUT2D eigenvalue weighted by molar-refractivity contribution is 7.84. The molecule has 0 saturated carbocycles. The van der Waals surface area contributed by atoms with Crippen molar-refractivity contribution in [1.29, 1.82) is 0 Å². The lowest BCUT2D eigenvalue weighted by molar-refractivity contribution is 0.0957. The second kappa shape index (κ2) is 6.29. The number of anilines is 1. The topological polar surface area (TPSA) is 84.0 Å². The van der Waals surface area contributed by atoms with Gasteiger partial charge in [-0.25, -0.2) is 0 Å². The molecule has 6 nitrogen and oxygen atoms in total. The van der Waals surface area contributed by atoms with Gasteiger partial charge in [0.25, 0.3) is 5.91 Å². The molecular weight excluding hydrogens is 240 g/mol. The van der Waals surface area contributed by atoms with Gasteiger partial charge < -0.3 is 10.6 Å². The lowest BCUT2D eigenvalue weighted by atomic mass is 10.3. The lowest BCUT2D eigenvalue weighted by Crippen LogP contribution is -2.24. The van der Waals surface area contributed by atoms with Crippen molar-refractivity contribution in [1.82, 2.24) is 15.5 Å². The Morgan fingerprint density at radius 3 is 2.65 bits per heavy atom. The highest BCUT2D eigenvalue weighted by atomic mass is 32.2. The summed E-state index contributed by atoms with van der Waals surface area (Å²) in [6.45, 7) is 1.91. The Kier molecular flexibility index (Phi) is 5.02. The minimum absolute atomic E-state index is 0.0426. The number of amides is 1. The maximum absolute atomic E-state index is 11.2. The van der Waals surface area contributed by atoms with Crippen LogP contribution in [0.15, 0.2) is 12.1 Å². The fraction of sp³-hybridized carbons (Fsp3) is 0.500. The quantitative estimate of drug-likeness (QED) is 0.775. The van der Waals surface area contributed by atoms with Crippen LogP contribution in [0.25, 0.3) is 0 Å². The summed E-state index contributed by atoms with van der Waals surface area (Å²) in [5, 5.41) is 13.2. The van der Waals surface area contributed by atoms with E-state index in [1.54, 1.807) is 18.4 Å². The Hall–Kier alpha value is -1.50. The van der Waals surface area contributed by atoms with Gasteiger partial charge in [0, 0.05) is 35.9 Å².